The highest BCUT2D eigenvalue weighted by Gasteiger charge is 2.24. The third kappa shape index (κ3) is 2.14. The van der Waals surface area contributed by atoms with Crippen LogP contribution < -0.4 is 11.5 Å². The van der Waals surface area contributed by atoms with E-state index in [2.05, 4.69) is 18.2 Å². The second kappa shape index (κ2) is 4.70. The molecule has 1 aliphatic rings. The predicted molar refractivity (Wildman–Crippen MR) is 84.7 cm³/mol. The molecular weight excluding hydrogens is 284 g/mol. The monoisotopic (exact) mass is 298 g/mol. The number of nitrogens with zero attached hydrogens (tertiary/aromatic N) is 1. The summed E-state index contributed by atoms with van der Waals surface area (Å²) in [5.74, 6) is -0.313. The molecule has 106 valence electrons. The molecular formula is C16H14N2O2S. The number of aromatic nitrogens is 1. The first-order valence-corrected chi connectivity index (χ1v) is 7.72. The van der Waals surface area contributed by atoms with Crippen LogP contribution in [0.3, 0.4) is 0 Å². The van der Waals surface area contributed by atoms with E-state index in [0.29, 0.717) is 23.1 Å². The Bertz CT molecular complexity index is 856. The first kappa shape index (κ1) is 12.6. The van der Waals surface area contributed by atoms with Gasteiger partial charge in [0.2, 0.25) is 0 Å². The minimum Gasteiger partial charge on any atom is -0.408 e. The molecule has 5 heteroatoms. The Morgan fingerprint density at radius 3 is 3.00 bits per heavy atom. The van der Waals surface area contributed by atoms with Crippen LogP contribution in [0.15, 0.2) is 56.6 Å². The Kier molecular flexibility index (Phi) is 2.82. The Hall–Kier alpha value is -2.14. The van der Waals surface area contributed by atoms with Crippen LogP contribution in [-0.2, 0) is 13.0 Å². The van der Waals surface area contributed by atoms with E-state index in [-0.39, 0.29) is 5.76 Å². The molecule has 1 aliphatic heterocycles. The van der Waals surface area contributed by atoms with Crippen LogP contribution in [0.4, 0.5) is 5.69 Å². The molecule has 21 heavy (non-hydrogen) atoms. The standard InChI is InChI=1S/C16H14N2O2S/c17-11-5-6-14-13(8-11)18(16(19)20-14)9-12-7-10-3-1-2-4-15(10)21-12/h1-6,8,12H,7,9,17H2. The van der Waals surface area contributed by atoms with Crippen molar-refractivity contribution in [2.24, 2.45) is 0 Å². The van der Waals surface area contributed by atoms with Crippen LogP contribution in [0.2, 0.25) is 0 Å². The van der Waals surface area contributed by atoms with Crippen molar-refractivity contribution in [1.29, 1.82) is 0 Å². The fourth-order valence-corrected chi connectivity index (χ4v) is 4.12. The van der Waals surface area contributed by atoms with Gasteiger partial charge in [-0.2, -0.15) is 0 Å². The Morgan fingerprint density at radius 1 is 1.29 bits per heavy atom. The molecule has 0 amide bonds. The maximum atomic E-state index is 12.1. The summed E-state index contributed by atoms with van der Waals surface area (Å²) in [6.45, 7) is 0.634. The van der Waals surface area contributed by atoms with Crippen molar-refractivity contribution in [1.82, 2.24) is 4.57 Å². The molecule has 1 atom stereocenters. The summed E-state index contributed by atoms with van der Waals surface area (Å²) in [6, 6.07) is 13.7. The summed E-state index contributed by atoms with van der Waals surface area (Å²) < 4.78 is 6.97. The zero-order chi connectivity index (χ0) is 14.4. The Balaban J connectivity index is 1.68. The van der Waals surface area contributed by atoms with Gasteiger partial charge in [0, 0.05) is 22.4 Å². The Labute approximate surface area is 125 Å². The lowest BCUT2D eigenvalue weighted by molar-refractivity contribution is 0.501. The molecule has 0 bridgehead atoms. The lowest BCUT2D eigenvalue weighted by Gasteiger charge is -2.08. The second-order valence-corrected chi connectivity index (χ2v) is 6.60. The van der Waals surface area contributed by atoms with Crippen LogP contribution in [-0.4, -0.2) is 9.82 Å². The van der Waals surface area contributed by atoms with Gasteiger partial charge in [0.25, 0.3) is 0 Å². The van der Waals surface area contributed by atoms with Crippen LogP contribution in [0.25, 0.3) is 11.1 Å². The topological polar surface area (TPSA) is 61.2 Å². The predicted octanol–water partition coefficient (Wildman–Crippen LogP) is 2.89. The molecule has 2 heterocycles. The van der Waals surface area contributed by atoms with E-state index in [0.717, 1.165) is 11.9 Å². The molecule has 2 N–H and O–H groups in total. The summed E-state index contributed by atoms with van der Waals surface area (Å²) in [6.07, 6.45) is 0.974. The highest BCUT2D eigenvalue weighted by Crippen LogP contribution is 2.37. The number of anilines is 1. The first-order chi connectivity index (χ1) is 10.2. The molecule has 0 aliphatic carbocycles. The van der Waals surface area contributed by atoms with Gasteiger partial charge < -0.3 is 10.2 Å². The molecule has 3 aromatic rings. The highest BCUT2D eigenvalue weighted by atomic mass is 32.2. The van der Waals surface area contributed by atoms with E-state index in [1.165, 1.54) is 10.5 Å². The molecule has 4 nitrogen and oxygen atoms in total. The molecule has 0 saturated heterocycles. The fourth-order valence-electron chi connectivity index (χ4n) is 2.81. The van der Waals surface area contributed by atoms with E-state index in [9.17, 15) is 4.79 Å². The summed E-state index contributed by atoms with van der Waals surface area (Å²) >= 11 is 1.82. The lowest BCUT2D eigenvalue weighted by atomic mass is 10.1. The van der Waals surface area contributed by atoms with E-state index >= 15 is 0 Å². The van der Waals surface area contributed by atoms with Crippen molar-refractivity contribution in [3.05, 3.63) is 58.6 Å². The molecule has 1 unspecified atom stereocenters. The van der Waals surface area contributed by atoms with E-state index in [1.54, 1.807) is 22.8 Å². The van der Waals surface area contributed by atoms with Gasteiger partial charge in [0.05, 0.1) is 5.52 Å². The van der Waals surface area contributed by atoms with Crippen molar-refractivity contribution in [3.63, 3.8) is 0 Å². The van der Waals surface area contributed by atoms with Gasteiger partial charge in [-0.25, -0.2) is 4.79 Å². The van der Waals surface area contributed by atoms with Gasteiger partial charge >= 0.3 is 5.76 Å². The minimum absolute atomic E-state index is 0.313. The number of hydrogen-bond acceptors (Lipinski definition) is 4. The summed E-state index contributed by atoms with van der Waals surface area (Å²) in [5, 5.41) is 0.349. The van der Waals surface area contributed by atoms with Crippen molar-refractivity contribution in [2.45, 2.75) is 23.1 Å². The normalized spacial score (nSPS) is 17.2. The SMILES string of the molecule is Nc1ccc2oc(=O)n(CC3Cc4ccccc4S3)c2c1. The third-order valence-corrected chi connectivity index (χ3v) is 5.09. The molecule has 0 radical (unpaired) electrons. The molecule has 4 rings (SSSR count). The number of benzene rings is 2. The van der Waals surface area contributed by atoms with Crippen molar-refractivity contribution < 1.29 is 4.42 Å². The van der Waals surface area contributed by atoms with Crippen LogP contribution in [0.5, 0.6) is 0 Å². The van der Waals surface area contributed by atoms with E-state index < -0.39 is 0 Å². The van der Waals surface area contributed by atoms with Crippen molar-refractivity contribution >= 4 is 28.5 Å². The van der Waals surface area contributed by atoms with E-state index in [1.807, 2.05) is 17.8 Å². The van der Waals surface area contributed by atoms with Gasteiger partial charge in [-0.3, -0.25) is 4.57 Å². The molecule has 0 saturated carbocycles. The number of nitrogens with two attached hydrogens (primary N) is 1. The first-order valence-electron chi connectivity index (χ1n) is 6.84. The lowest BCUT2D eigenvalue weighted by Crippen LogP contribution is -2.21. The molecule has 2 aromatic carbocycles. The smallest absolute Gasteiger partial charge is 0.408 e. The van der Waals surface area contributed by atoms with Gasteiger partial charge in [0.1, 0.15) is 0 Å². The summed E-state index contributed by atoms with van der Waals surface area (Å²) in [7, 11) is 0. The Morgan fingerprint density at radius 2 is 2.14 bits per heavy atom. The van der Waals surface area contributed by atoms with Crippen molar-refractivity contribution in [2.75, 3.05) is 5.73 Å². The van der Waals surface area contributed by atoms with Crippen LogP contribution in [0.1, 0.15) is 5.56 Å². The number of fused-ring (bicyclic) bond motifs is 2. The zero-order valence-corrected chi connectivity index (χ0v) is 12.1. The average Bonchev–Trinajstić information content (AvgIpc) is 3.01. The summed E-state index contributed by atoms with van der Waals surface area (Å²) in [4.78, 5) is 13.4. The largest absolute Gasteiger partial charge is 0.419 e. The van der Waals surface area contributed by atoms with Crippen LogP contribution >= 0.6 is 11.8 Å². The van der Waals surface area contributed by atoms with Crippen LogP contribution in [0, 0.1) is 0 Å². The minimum atomic E-state index is -0.313. The van der Waals surface area contributed by atoms with Gasteiger partial charge in [-0.1, -0.05) is 18.2 Å². The number of rotatable bonds is 2. The zero-order valence-electron chi connectivity index (χ0n) is 11.3. The van der Waals surface area contributed by atoms with Crippen molar-refractivity contribution in [3.8, 4) is 0 Å². The third-order valence-electron chi connectivity index (χ3n) is 3.79. The van der Waals surface area contributed by atoms with E-state index in [4.69, 9.17) is 10.2 Å². The average molecular weight is 298 g/mol. The molecule has 0 spiro atoms. The van der Waals surface area contributed by atoms with Gasteiger partial charge in [-0.05, 0) is 36.2 Å². The number of oxazole rings is 1. The van der Waals surface area contributed by atoms with Gasteiger partial charge in [0.15, 0.2) is 5.58 Å². The quantitative estimate of drug-likeness (QED) is 0.739. The van der Waals surface area contributed by atoms with Gasteiger partial charge in [-0.15, -0.1) is 11.8 Å². The summed E-state index contributed by atoms with van der Waals surface area (Å²) in [5.41, 5.74) is 9.18. The molecule has 0 fully saturated rings. The maximum Gasteiger partial charge on any atom is 0.419 e. The number of thioether (sulfide) groups is 1. The fraction of sp³-hybridized carbons (Fsp3) is 0.188. The maximum absolute atomic E-state index is 12.1. The molecule has 1 aromatic heterocycles. The number of nitrogen functional groups attached to an aromatic ring is 1. The highest BCUT2D eigenvalue weighted by molar-refractivity contribution is 8.00. The second-order valence-electron chi connectivity index (χ2n) is 5.26. The number of hydrogen-bond donors (Lipinski definition) is 1.